The number of rotatable bonds is 3. The molecule has 0 spiro atoms. The molecule has 6 rings (SSSR count). The SMILES string of the molecule is CC(C)(C)c1cc2c(c(C3=CC=CC3)c1=C(c1ccccc1)c1ccccc1)C=c1ccccc1=2. The fourth-order valence-corrected chi connectivity index (χ4v) is 5.58. The van der Waals surface area contributed by atoms with E-state index in [4.69, 9.17) is 0 Å². The van der Waals surface area contributed by atoms with Crippen LogP contribution in [0.25, 0.3) is 17.2 Å². The first-order chi connectivity index (χ1) is 17.0. The summed E-state index contributed by atoms with van der Waals surface area (Å²) in [5, 5.41) is 5.38. The van der Waals surface area contributed by atoms with Crippen LogP contribution in [-0.4, -0.2) is 0 Å². The fraction of sp³-hybridized carbons (Fsp3) is 0.143. The summed E-state index contributed by atoms with van der Waals surface area (Å²) in [4.78, 5) is 0. The fourth-order valence-electron chi connectivity index (χ4n) is 5.58. The van der Waals surface area contributed by atoms with Crippen LogP contribution in [0.3, 0.4) is 0 Å². The van der Waals surface area contributed by atoms with E-state index in [9.17, 15) is 0 Å². The molecule has 0 amide bonds. The lowest BCUT2D eigenvalue weighted by Gasteiger charge is -2.26. The molecule has 0 aromatic heterocycles. The number of fused-ring (bicyclic) bond motifs is 2. The summed E-state index contributed by atoms with van der Waals surface area (Å²) in [5.74, 6) is 0. The van der Waals surface area contributed by atoms with Gasteiger partial charge in [-0.25, -0.2) is 0 Å². The molecule has 4 aromatic carbocycles. The Morgan fingerprint density at radius 1 is 0.714 bits per heavy atom. The van der Waals surface area contributed by atoms with Crippen LogP contribution in [0.1, 0.15) is 55.0 Å². The van der Waals surface area contributed by atoms with E-state index in [-0.39, 0.29) is 5.41 Å². The molecule has 0 atom stereocenters. The molecule has 0 nitrogen and oxygen atoms in total. The lowest BCUT2D eigenvalue weighted by molar-refractivity contribution is 0.585. The lowest BCUT2D eigenvalue weighted by atomic mass is 9.78. The highest BCUT2D eigenvalue weighted by Gasteiger charge is 2.25. The van der Waals surface area contributed by atoms with E-state index in [1.54, 1.807) is 0 Å². The van der Waals surface area contributed by atoms with Gasteiger partial charge in [0.2, 0.25) is 0 Å². The average molecular weight is 451 g/mol. The third kappa shape index (κ3) is 3.70. The summed E-state index contributed by atoms with van der Waals surface area (Å²) in [6.45, 7) is 7.05. The van der Waals surface area contributed by atoms with Crippen LogP contribution in [0.5, 0.6) is 0 Å². The normalized spacial score (nSPS) is 13.7. The van der Waals surface area contributed by atoms with Crippen LogP contribution < -0.4 is 10.4 Å². The predicted octanol–water partition coefficient (Wildman–Crippen LogP) is 7.00. The molecule has 0 unspecified atom stereocenters. The Labute approximate surface area is 207 Å². The van der Waals surface area contributed by atoms with E-state index < -0.39 is 0 Å². The summed E-state index contributed by atoms with van der Waals surface area (Å²) >= 11 is 0. The van der Waals surface area contributed by atoms with E-state index in [1.165, 1.54) is 59.8 Å². The van der Waals surface area contributed by atoms with Crippen molar-refractivity contribution in [3.8, 4) is 0 Å². The lowest BCUT2D eigenvalue weighted by Crippen LogP contribution is -2.29. The zero-order chi connectivity index (χ0) is 24.0. The Morgan fingerprint density at radius 3 is 1.94 bits per heavy atom. The Balaban J connectivity index is 1.92. The van der Waals surface area contributed by atoms with E-state index in [2.05, 4.69) is 136 Å². The van der Waals surface area contributed by atoms with Gasteiger partial charge in [0.1, 0.15) is 0 Å². The first-order valence-electron chi connectivity index (χ1n) is 12.5. The summed E-state index contributed by atoms with van der Waals surface area (Å²) < 4.78 is 0. The van der Waals surface area contributed by atoms with Crippen LogP contribution >= 0.6 is 0 Å². The van der Waals surface area contributed by atoms with Crippen molar-refractivity contribution in [3.05, 3.63) is 158 Å². The van der Waals surface area contributed by atoms with Gasteiger partial charge in [0, 0.05) is 0 Å². The second kappa shape index (κ2) is 8.40. The third-order valence-corrected chi connectivity index (χ3v) is 7.19. The summed E-state index contributed by atoms with van der Waals surface area (Å²) in [6.07, 6.45) is 10.2. The molecule has 0 fully saturated rings. The molecule has 0 saturated heterocycles. The maximum atomic E-state index is 2.48. The minimum atomic E-state index is -0.0297. The summed E-state index contributed by atoms with van der Waals surface area (Å²) in [7, 11) is 0. The van der Waals surface area contributed by atoms with Crippen molar-refractivity contribution in [2.75, 3.05) is 0 Å². The van der Waals surface area contributed by atoms with Gasteiger partial charge in [0.05, 0.1) is 0 Å². The molecule has 170 valence electrons. The summed E-state index contributed by atoms with van der Waals surface area (Å²) in [5.41, 5.74) is 9.33. The molecular weight excluding hydrogens is 420 g/mol. The zero-order valence-corrected chi connectivity index (χ0v) is 20.7. The van der Waals surface area contributed by atoms with Crippen molar-refractivity contribution in [2.45, 2.75) is 32.6 Å². The molecule has 2 aliphatic carbocycles. The van der Waals surface area contributed by atoms with Crippen molar-refractivity contribution >= 4 is 17.2 Å². The minimum Gasteiger partial charge on any atom is -0.0801 e. The molecule has 0 heterocycles. The molecule has 0 bridgehead atoms. The monoisotopic (exact) mass is 450 g/mol. The maximum Gasteiger partial charge on any atom is -0.00295 e. The molecule has 35 heavy (non-hydrogen) atoms. The maximum absolute atomic E-state index is 2.48. The highest BCUT2D eigenvalue weighted by atomic mass is 14.3. The van der Waals surface area contributed by atoms with Crippen LogP contribution in [-0.2, 0) is 5.41 Å². The van der Waals surface area contributed by atoms with Crippen LogP contribution in [0.4, 0.5) is 0 Å². The second-order valence-corrected chi connectivity index (χ2v) is 10.5. The molecule has 0 saturated carbocycles. The van der Waals surface area contributed by atoms with Gasteiger partial charge in [0.25, 0.3) is 0 Å². The average Bonchev–Trinajstić information content (AvgIpc) is 3.53. The zero-order valence-electron chi connectivity index (χ0n) is 20.7. The number of hydrogen-bond acceptors (Lipinski definition) is 0. The van der Waals surface area contributed by atoms with Crippen molar-refractivity contribution in [3.63, 3.8) is 0 Å². The number of allylic oxidation sites excluding steroid dienone is 4. The second-order valence-electron chi connectivity index (χ2n) is 10.5. The van der Waals surface area contributed by atoms with Gasteiger partial charge in [0.15, 0.2) is 0 Å². The van der Waals surface area contributed by atoms with Crippen molar-refractivity contribution < 1.29 is 0 Å². The van der Waals surface area contributed by atoms with Crippen LogP contribution in [0.15, 0.2) is 109 Å². The molecule has 0 N–H and O–H groups in total. The van der Waals surface area contributed by atoms with Gasteiger partial charge >= 0.3 is 0 Å². The quantitative estimate of drug-likeness (QED) is 0.277. The first-order valence-corrected chi connectivity index (χ1v) is 12.5. The van der Waals surface area contributed by atoms with E-state index in [1.807, 2.05) is 0 Å². The Bertz CT molecular complexity index is 1670. The van der Waals surface area contributed by atoms with Gasteiger partial charge in [-0.2, -0.15) is 0 Å². The van der Waals surface area contributed by atoms with Crippen LogP contribution in [0.2, 0.25) is 0 Å². The topological polar surface area (TPSA) is 0 Å². The molecule has 0 aliphatic heterocycles. The molecule has 0 heteroatoms. The van der Waals surface area contributed by atoms with Gasteiger partial charge < -0.3 is 0 Å². The molecule has 2 aliphatic rings. The van der Waals surface area contributed by atoms with Crippen molar-refractivity contribution in [1.82, 2.24) is 0 Å². The van der Waals surface area contributed by atoms with E-state index >= 15 is 0 Å². The standard InChI is InChI=1S/C35H30/c1-35(2,3)31-23-29-28-21-13-12-20-27(28)22-30(29)33(26-18-10-11-19-26)34(31)32(24-14-6-4-7-15-24)25-16-8-5-9-17-25/h4-18,20-23H,19H2,1-3H3. The smallest absolute Gasteiger partial charge is 0.00295 e. The number of benzene rings is 4. The summed E-state index contributed by atoms with van der Waals surface area (Å²) in [6, 6.07) is 33.1. The number of hydrogen-bond donors (Lipinski definition) is 0. The predicted molar refractivity (Wildman–Crippen MR) is 148 cm³/mol. The Hall–Kier alpha value is -3.90. The van der Waals surface area contributed by atoms with E-state index in [0.29, 0.717) is 0 Å². The van der Waals surface area contributed by atoms with Crippen molar-refractivity contribution in [2.24, 2.45) is 0 Å². The van der Waals surface area contributed by atoms with Gasteiger partial charge in [-0.3, -0.25) is 0 Å². The minimum absolute atomic E-state index is 0.0297. The van der Waals surface area contributed by atoms with Gasteiger partial charge in [-0.15, -0.1) is 0 Å². The van der Waals surface area contributed by atoms with Gasteiger partial charge in [-0.05, 0) is 83.8 Å². The third-order valence-electron chi connectivity index (χ3n) is 7.19. The van der Waals surface area contributed by atoms with Gasteiger partial charge in [-0.1, -0.05) is 124 Å². The van der Waals surface area contributed by atoms with Crippen LogP contribution in [0, 0.1) is 10.4 Å². The Morgan fingerprint density at radius 2 is 1.34 bits per heavy atom. The van der Waals surface area contributed by atoms with E-state index in [0.717, 1.165) is 6.42 Å². The first kappa shape index (κ1) is 21.6. The highest BCUT2D eigenvalue weighted by Crippen LogP contribution is 2.33. The highest BCUT2D eigenvalue weighted by molar-refractivity contribution is 5.87. The molecular formula is C35H30. The Kier molecular flexibility index (Phi) is 5.19. The molecule has 0 radical (unpaired) electrons. The van der Waals surface area contributed by atoms with Crippen molar-refractivity contribution in [1.29, 1.82) is 0 Å². The molecule has 4 aromatic rings. The largest absolute Gasteiger partial charge is 0.0801 e.